The molecule has 29 heavy (non-hydrogen) atoms. The zero-order valence-electron chi connectivity index (χ0n) is 18.0. The van der Waals surface area contributed by atoms with Gasteiger partial charge in [-0.3, -0.25) is 9.59 Å². The topological polar surface area (TPSA) is 92.8 Å². The summed E-state index contributed by atoms with van der Waals surface area (Å²) in [4.78, 5) is 24.2. The van der Waals surface area contributed by atoms with Crippen LogP contribution in [0.2, 0.25) is 0 Å². The summed E-state index contributed by atoms with van der Waals surface area (Å²) in [6.45, 7) is 10.2. The van der Waals surface area contributed by atoms with Crippen LogP contribution in [-0.4, -0.2) is 50.8 Å². The van der Waals surface area contributed by atoms with Crippen LogP contribution < -0.4 is 5.32 Å². The predicted molar refractivity (Wildman–Crippen MR) is 111 cm³/mol. The van der Waals surface area contributed by atoms with Crippen molar-refractivity contribution >= 4 is 21.9 Å². The number of hydrogen-bond donors (Lipinski definition) is 1. The molecule has 0 aliphatic carbocycles. The molecule has 0 saturated carbocycles. The van der Waals surface area contributed by atoms with Gasteiger partial charge in [0.25, 0.3) is 5.91 Å². The van der Waals surface area contributed by atoms with Gasteiger partial charge in [-0.15, -0.1) is 0 Å². The zero-order valence-corrected chi connectivity index (χ0v) is 18.8. The van der Waals surface area contributed by atoms with Crippen LogP contribution in [0.25, 0.3) is 0 Å². The quantitative estimate of drug-likeness (QED) is 0.679. The van der Waals surface area contributed by atoms with Crippen molar-refractivity contribution < 1.29 is 22.7 Å². The Bertz CT molecular complexity index is 845. The van der Waals surface area contributed by atoms with E-state index in [0.29, 0.717) is 24.3 Å². The van der Waals surface area contributed by atoms with E-state index in [9.17, 15) is 18.0 Å². The Hall–Kier alpha value is -1.93. The number of piperidine rings is 1. The SMILES string of the molecule is CCCNC(=O)COC(=O)C1CCN(S(=O)(=O)c2c(C)c(C)cc(C)c2C)CC1. The highest BCUT2D eigenvalue weighted by Crippen LogP contribution is 2.31. The molecule has 7 nitrogen and oxygen atoms in total. The number of aryl methyl sites for hydroxylation is 2. The summed E-state index contributed by atoms with van der Waals surface area (Å²) in [5.74, 6) is -1.14. The number of rotatable bonds is 7. The van der Waals surface area contributed by atoms with Crippen LogP contribution in [0.3, 0.4) is 0 Å². The lowest BCUT2D eigenvalue weighted by Crippen LogP contribution is -2.41. The predicted octanol–water partition coefficient (Wildman–Crippen LogP) is 2.39. The van der Waals surface area contributed by atoms with E-state index in [0.717, 1.165) is 28.7 Å². The molecule has 1 aliphatic heterocycles. The maximum absolute atomic E-state index is 13.3. The third kappa shape index (κ3) is 5.36. The van der Waals surface area contributed by atoms with Crippen LogP contribution in [0.15, 0.2) is 11.0 Å². The minimum atomic E-state index is -3.64. The lowest BCUT2D eigenvalue weighted by molar-refractivity contribution is -0.153. The maximum Gasteiger partial charge on any atom is 0.309 e. The summed E-state index contributed by atoms with van der Waals surface area (Å²) in [6.07, 6.45) is 1.58. The fourth-order valence-electron chi connectivity index (χ4n) is 3.60. The van der Waals surface area contributed by atoms with Crippen molar-refractivity contribution in [2.24, 2.45) is 5.92 Å². The Labute approximate surface area is 173 Å². The number of carbonyl (C=O) groups is 2. The summed E-state index contributed by atoms with van der Waals surface area (Å²) in [7, 11) is -3.64. The van der Waals surface area contributed by atoms with Gasteiger partial charge < -0.3 is 10.1 Å². The normalized spacial score (nSPS) is 15.9. The minimum Gasteiger partial charge on any atom is -0.455 e. The number of nitrogens with zero attached hydrogens (tertiary/aromatic N) is 1. The Morgan fingerprint density at radius 2 is 1.66 bits per heavy atom. The van der Waals surface area contributed by atoms with Gasteiger partial charge in [-0.25, -0.2) is 8.42 Å². The number of sulfonamides is 1. The highest BCUT2D eigenvalue weighted by atomic mass is 32.2. The van der Waals surface area contributed by atoms with Gasteiger partial charge in [0.1, 0.15) is 0 Å². The van der Waals surface area contributed by atoms with Crippen molar-refractivity contribution in [3.8, 4) is 0 Å². The van der Waals surface area contributed by atoms with Crippen molar-refractivity contribution in [2.45, 2.75) is 58.8 Å². The van der Waals surface area contributed by atoms with Gasteiger partial charge in [-0.1, -0.05) is 13.0 Å². The second-order valence-corrected chi connectivity index (χ2v) is 9.60. The van der Waals surface area contributed by atoms with E-state index in [1.165, 1.54) is 4.31 Å². The van der Waals surface area contributed by atoms with E-state index in [-0.39, 0.29) is 31.5 Å². The summed E-state index contributed by atoms with van der Waals surface area (Å²) >= 11 is 0. The molecule has 0 atom stereocenters. The molecule has 1 aromatic rings. The fraction of sp³-hybridized carbons (Fsp3) is 0.619. The van der Waals surface area contributed by atoms with Crippen LogP contribution >= 0.6 is 0 Å². The van der Waals surface area contributed by atoms with Crippen LogP contribution in [-0.2, 0) is 24.3 Å². The first kappa shape index (κ1) is 23.3. The number of ether oxygens (including phenoxy) is 1. The summed E-state index contributed by atoms with van der Waals surface area (Å²) < 4.78 is 33.1. The molecular weight excluding hydrogens is 392 g/mol. The van der Waals surface area contributed by atoms with Crippen LogP contribution in [0.1, 0.15) is 48.4 Å². The first-order chi connectivity index (χ1) is 13.6. The summed E-state index contributed by atoms with van der Waals surface area (Å²) in [5, 5.41) is 2.65. The number of hydrogen-bond acceptors (Lipinski definition) is 5. The van der Waals surface area contributed by atoms with Crippen molar-refractivity contribution in [2.75, 3.05) is 26.2 Å². The van der Waals surface area contributed by atoms with Crippen LogP contribution in [0, 0.1) is 33.6 Å². The van der Waals surface area contributed by atoms with Gasteiger partial charge >= 0.3 is 5.97 Å². The highest BCUT2D eigenvalue weighted by Gasteiger charge is 2.35. The van der Waals surface area contributed by atoms with Gasteiger partial charge in [-0.05, 0) is 69.2 Å². The molecule has 0 aromatic heterocycles. The Balaban J connectivity index is 2.02. The second kappa shape index (κ2) is 9.71. The highest BCUT2D eigenvalue weighted by molar-refractivity contribution is 7.89. The molecule has 2 rings (SSSR count). The maximum atomic E-state index is 13.3. The van der Waals surface area contributed by atoms with E-state index in [1.54, 1.807) is 0 Å². The number of amides is 1. The molecule has 0 spiro atoms. The first-order valence-electron chi connectivity index (χ1n) is 10.1. The number of benzene rings is 1. The summed E-state index contributed by atoms with van der Waals surface area (Å²) in [5.41, 5.74) is 3.44. The number of esters is 1. The van der Waals surface area contributed by atoms with E-state index < -0.39 is 16.0 Å². The standard InChI is InChI=1S/C21H32N2O5S/c1-6-9-22-19(24)13-28-21(25)18-7-10-23(11-8-18)29(26,27)20-16(4)14(2)12-15(3)17(20)5/h12,18H,6-11,13H2,1-5H3,(H,22,24). The van der Waals surface area contributed by atoms with Crippen molar-refractivity contribution in [3.63, 3.8) is 0 Å². The van der Waals surface area contributed by atoms with Crippen LogP contribution in [0.5, 0.6) is 0 Å². The molecule has 1 N–H and O–H groups in total. The number of carbonyl (C=O) groups excluding carboxylic acids is 2. The average molecular weight is 425 g/mol. The first-order valence-corrected chi connectivity index (χ1v) is 11.5. The molecule has 0 bridgehead atoms. The summed E-state index contributed by atoms with van der Waals surface area (Å²) in [6, 6.07) is 2.00. The molecule has 8 heteroatoms. The molecule has 1 aliphatic rings. The average Bonchev–Trinajstić information content (AvgIpc) is 2.69. The van der Waals surface area contributed by atoms with E-state index in [2.05, 4.69) is 5.32 Å². The molecule has 162 valence electrons. The van der Waals surface area contributed by atoms with Crippen molar-refractivity contribution in [3.05, 3.63) is 28.3 Å². The lowest BCUT2D eigenvalue weighted by atomic mass is 9.98. The van der Waals surface area contributed by atoms with Gasteiger partial charge in [0.15, 0.2) is 6.61 Å². The van der Waals surface area contributed by atoms with Gasteiger partial charge in [0, 0.05) is 19.6 Å². The molecule has 1 amide bonds. The Kier molecular flexibility index (Phi) is 7.82. The van der Waals surface area contributed by atoms with Crippen molar-refractivity contribution in [1.82, 2.24) is 9.62 Å². The van der Waals surface area contributed by atoms with E-state index in [1.807, 2.05) is 40.7 Å². The second-order valence-electron chi connectivity index (χ2n) is 7.73. The largest absolute Gasteiger partial charge is 0.455 e. The monoisotopic (exact) mass is 424 g/mol. The molecule has 0 radical (unpaired) electrons. The minimum absolute atomic E-state index is 0.260. The smallest absolute Gasteiger partial charge is 0.309 e. The van der Waals surface area contributed by atoms with E-state index in [4.69, 9.17) is 4.74 Å². The fourth-order valence-corrected chi connectivity index (χ4v) is 5.64. The molecule has 1 fully saturated rings. The van der Waals surface area contributed by atoms with Gasteiger partial charge in [0.05, 0.1) is 10.8 Å². The molecule has 1 saturated heterocycles. The van der Waals surface area contributed by atoms with Gasteiger partial charge in [-0.2, -0.15) is 4.31 Å². The van der Waals surface area contributed by atoms with Crippen molar-refractivity contribution in [1.29, 1.82) is 0 Å². The lowest BCUT2D eigenvalue weighted by Gasteiger charge is -2.31. The third-order valence-corrected chi connectivity index (χ3v) is 7.77. The molecule has 1 aromatic carbocycles. The van der Waals surface area contributed by atoms with Gasteiger partial charge in [0.2, 0.25) is 10.0 Å². The zero-order chi connectivity index (χ0) is 21.8. The Morgan fingerprint density at radius 1 is 1.10 bits per heavy atom. The van der Waals surface area contributed by atoms with Crippen LogP contribution in [0.4, 0.5) is 0 Å². The van der Waals surface area contributed by atoms with E-state index >= 15 is 0 Å². The molecular formula is C21H32N2O5S. The molecule has 1 heterocycles. The Morgan fingerprint density at radius 3 is 2.17 bits per heavy atom. The molecule has 0 unspecified atom stereocenters. The third-order valence-electron chi connectivity index (χ3n) is 5.60. The number of nitrogens with one attached hydrogen (secondary N) is 1.